The number of carbonyl (C=O) groups is 1. The van der Waals surface area contributed by atoms with Crippen molar-refractivity contribution in [3.05, 3.63) is 41.5 Å². The molecule has 1 saturated heterocycles. The summed E-state index contributed by atoms with van der Waals surface area (Å²) in [5.74, 6) is -1.04. The van der Waals surface area contributed by atoms with E-state index in [0.29, 0.717) is 12.0 Å². The fraction of sp³-hybridized carbons (Fsp3) is 0.667. The van der Waals surface area contributed by atoms with Gasteiger partial charge in [-0.15, -0.1) is 0 Å². The third-order valence-corrected chi connectivity index (χ3v) is 5.63. The molecule has 6 nitrogen and oxygen atoms in total. The molecule has 1 amide bonds. The van der Waals surface area contributed by atoms with Crippen molar-refractivity contribution < 1.29 is 36.9 Å². The van der Waals surface area contributed by atoms with E-state index >= 15 is 0 Å². The Kier molecular flexibility index (Phi) is 10.3. The molecular weight excluding hydrogens is 475 g/mol. The Labute approximate surface area is 212 Å². The molecule has 0 spiro atoms. The zero-order valence-electron chi connectivity index (χ0n) is 22.2. The highest BCUT2D eigenvalue weighted by Gasteiger charge is 2.42. The zero-order valence-corrected chi connectivity index (χ0v) is 22.2. The maximum atomic E-state index is 13.8. The number of alkyl carbamates (subject to hydrolysis) is 1. The largest absolute Gasteiger partial charge is 0.489 e. The van der Waals surface area contributed by atoms with Gasteiger partial charge in [-0.2, -0.15) is 13.2 Å². The summed E-state index contributed by atoms with van der Waals surface area (Å²) in [5, 5.41) is 2.84. The lowest BCUT2D eigenvalue weighted by Gasteiger charge is -2.44. The maximum Gasteiger partial charge on any atom is 0.419 e. The third-order valence-electron chi connectivity index (χ3n) is 5.63. The van der Waals surface area contributed by atoms with E-state index in [4.69, 9.17) is 18.9 Å². The molecule has 2 rings (SSSR count). The van der Waals surface area contributed by atoms with Gasteiger partial charge in [0.2, 0.25) is 0 Å². The van der Waals surface area contributed by atoms with Crippen molar-refractivity contribution in [1.29, 1.82) is 0 Å². The number of amides is 1. The fourth-order valence-electron chi connectivity index (χ4n) is 3.62. The molecular formula is C27H40F3NO5. The summed E-state index contributed by atoms with van der Waals surface area (Å²) in [6.07, 6.45) is 1.94. The first kappa shape index (κ1) is 30.0. The molecule has 0 aliphatic carbocycles. The molecule has 1 aromatic rings. The predicted octanol–water partition coefficient (Wildman–Crippen LogP) is 6.81. The first-order chi connectivity index (χ1) is 16.6. The monoisotopic (exact) mass is 515 g/mol. The summed E-state index contributed by atoms with van der Waals surface area (Å²) in [6, 6.07) is 4.07. The molecule has 1 aromatic carbocycles. The third kappa shape index (κ3) is 10.0. The van der Waals surface area contributed by atoms with E-state index in [0.717, 1.165) is 25.3 Å². The van der Waals surface area contributed by atoms with E-state index in [2.05, 4.69) is 12.2 Å². The molecule has 1 aliphatic rings. The van der Waals surface area contributed by atoms with Crippen LogP contribution in [0.3, 0.4) is 0 Å². The number of aryl methyl sites for hydroxylation is 1. The molecule has 0 bridgehead atoms. The van der Waals surface area contributed by atoms with Crippen LogP contribution in [0.2, 0.25) is 0 Å². The van der Waals surface area contributed by atoms with Crippen molar-refractivity contribution in [2.24, 2.45) is 0 Å². The van der Waals surface area contributed by atoms with Gasteiger partial charge in [-0.25, -0.2) is 4.79 Å². The molecule has 1 N–H and O–H groups in total. The average molecular weight is 516 g/mol. The molecule has 0 unspecified atom stereocenters. The first-order valence-electron chi connectivity index (χ1n) is 12.4. The summed E-state index contributed by atoms with van der Waals surface area (Å²) < 4.78 is 63.7. The minimum absolute atomic E-state index is 0.0690. The Morgan fingerprint density at radius 2 is 1.81 bits per heavy atom. The van der Waals surface area contributed by atoms with E-state index in [1.54, 1.807) is 46.8 Å². The van der Waals surface area contributed by atoms with Gasteiger partial charge >= 0.3 is 12.3 Å². The van der Waals surface area contributed by atoms with Gasteiger partial charge in [0.15, 0.2) is 5.79 Å². The summed E-state index contributed by atoms with van der Waals surface area (Å²) in [5.41, 5.74) is -2.02. The molecule has 36 heavy (non-hydrogen) atoms. The highest BCUT2D eigenvalue weighted by molar-refractivity contribution is 5.69. The number of allylic oxidation sites excluding steroid dienone is 1. The Balaban J connectivity index is 2.15. The molecule has 1 aliphatic heterocycles. The number of hydrogen-bond donors (Lipinski definition) is 1. The van der Waals surface area contributed by atoms with E-state index < -0.39 is 34.8 Å². The van der Waals surface area contributed by atoms with Crippen molar-refractivity contribution in [2.75, 3.05) is 19.8 Å². The lowest BCUT2D eigenvalue weighted by atomic mass is 9.91. The van der Waals surface area contributed by atoms with Crippen molar-refractivity contribution in [3.8, 4) is 5.75 Å². The van der Waals surface area contributed by atoms with Gasteiger partial charge in [-0.05, 0) is 71.6 Å². The normalized spacial score (nSPS) is 17.7. The quantitative estimate of drug-likeness (QED) is 0.274. The number of unbranched alkanes of at least 4 members (excludes halogenated alkanes) is 2. The zero-order chi connectivity index (χ0) is 27.0. The van der Waals surface area contributed by atoms with E-state index in [9.17, 15) is 18.0 Å². The second-order valence-corrected chi connectivity index (χ2v) is 10.6. The smallest absolute Gasteiger partial charge is 0.419 e. The van der Waals surface area contributed by atoms with Gasteiger partial charge in [0.1, 0.15) is 18.0 Å². The van der Waals surface area contributed by atoms with Crippen LogP contribution >= 0.6 is 0 Å². The topological polar surface area (TPSA) is 66.0 Å². The molecule has 0 radical (unpaired) electrons. The first-order valence-corrected chi connectivity index (χ1v) is 12.4. The summed E-state index contributed by atoms with van der Waals surface area (Å²) in [4.78, 5) is 12.5. The Hall–Kier alpha value is -2.26. The van der Waals surface area contributed by atoms with Crippen molar-refractivity contribution in [3.63, 3.8) is 0 Å². The molecule has 0 aromatic heterocycles. The molecule has 1 heterocycles. The van der Waals surface area contributed by atoms with Crippen LogP contribution in [-0.2, 0) is 26.8 Å². The van der Waals surface area contributed by atoms with Gasteiger partial charge < -0.3 is 24.3 Å². The van der Waals surface area contributed by atoms with Gasteiger partial charge in [0, 0.05) is 0 Å². The summed E-state index contributed by atoms with van der Waals surface area (Å²) in [6.45, 7) is 11.2. The average Bonchev–Trinajstić information content (AvgIpc) is 2.75. The highest BCUT2D eigenvalue weighted by atomic mass is 19.4. The molecule has 0 saturated carbocycles. The Morgan fingerprint density at radius 3 is 2.39 bits per heavy atom. The highest BCUT2D eigenvalue weighted by Crippen LogP contribution is 2.37. The number of halogens is 3. The number of alkyl halides is 3. The predicted molar refractivity (Wildman–Crippen MR) is 132 cm³/mol. The van der Waals surface area contributed by atoms with Crippen LogP contribution in [0.5, 0.6) is 5.75 Å². The number of ether oxygens (including phenoxy) is 4. The summed E-state index contributed by atoms with van der Waals surface area (Å²) >= 11 is 0. The molecule has 0 atom stereocenters. The van der Waals surface area contributed by atoms with Gasteiger partial charge in [0.05, 0.1) is 24.3 Å². The van der Waals surface area contributed by atoms with Gasteiger partial charge in [-0.1, -0.05) is 38.0 Å². The fourth-order valence-corrected chi connectivity index (χ4v) is 3.62. The minimum atomic E-state index is -4.56. The number of benzene rings is 1. The Morgan fingerprint density at radius 1 is 1.14 bits per heavy atom. The van der Waals surface area contributed by atoms with Gasteiger partial charge in [0.25, 0.3) is 0 Å². The molecule has 1 fully saturated rings. The summed E-state index contributed by atoms with van der Waals surface area (Å²) in [7, 11) is 0. The van der Waals surface area contributed by atoms with Crippen molar-refractivity contribution in [1.82, 2.24) is 5.32 Å². The minimum Gasteiger partial charge on any atom is -0.489 e. The van der Waals surface area contributed by atoms with Crippen LogP contribution < -0.4 is 10.1 Å². The standard InChI is InChI=1S/C27H40F3NO5/c1-7-8-9-10-11-16-33-22-13-12-20(17-21(22)27(28,29)30)14-15-26(18-34-25(5,6)35-19-26)31-23(32)36-24(2,3)4/h10-13,17H,7-9,14-16,18-19H2,1-6H3,(H,31,32)/b11-10+. The van der Waals surface area contributed by atoms with Crippen LogP contribution in [0.4, 0.5) is 18.0 Å². The van der Waals surface area contributed by atoms with Crippen molar-refractivity contribution in [2.45, 2.75) is 96.7 Å². The van der Waals surface area contributed by atoms with Crippen molar-refractivity contribution >= 4 is 6.09 Å². The number of rotatable bonds is 10. The number of nitrogens with one attached hydrogen (secondary N) is 1. The second kappa shape index (κ2) is 12.3. The van der Waals surface area contributed by atoms with Crippen LogP contribution in [-0.4, -0.2) is 42.8 Å². The lowest BCUT2D eigenvalue weighted by Crippen LogP contribution is -2.61. The SMILES string of the molecule is CCCC/C=C/COc1ccc(CCC2(NC(=O)OC(C)(C)C)COC(C)(C)OC2)cc1C(F)(F)F. The van der Waals surface area contributed by atoms with Crippen LogP contribution in [0, 0.1) is 0 Å². The van der Waals surface area contributed by atoms with Crippen LogP contribution in [0.15, 0.2) is 30.4 Å². The van der Waals surface area contributed by atoms with E-state index in [-0.39, 0.29) is 32.0 Å². The number of hydrogen-bond acceptors (Lipinski definition) is 5. The maximum absolute atomic E-state index is 13.8. The van der Waals surface area contributed by atoms with Crippen LogP contribution in [0.25, 0.3) is 0 Å². The molecule has 204 valence electrons. The van der Waals surface area contributed by atoms with Crippen LogP contribution in [0.1, 0.15) is 78.4 Å². The number of carbonyl (C=O) groups excluding carboxylic acids is 1. The van der Waals surface area contributed by atoms with Gasteiger partial charge in [-0.3, -0.25) is 0 Å². The second-order valence-electron chi connectivity index (χ2n) is 10.6. The Bertz CT molecular complexity index is 880. The lowest BCUT2D eigenvalue weighted by molar-refractivity contribution is -0.271. The van der Waals surface area contributed by atoms with E-state index in [1.807, 2.05) is 6.08 Å². The van der Waals surface area contributed by atoms with E-state index in [1.165, 1.54) is 6.07 Å². The molecule has 9 heteroatoms.